The molecule has 0 saturated heterocycles. The van der Waals surface area contributed by atoms with Gasteiger partial charge in [-0.15, -0.1) is 0 Å². The van der Waals surface area contributed by atoms with Crippen LogP contribution in [-0.2, 0) is 0 Å². The first-order valence-corrected chi connectivity index (χ1v) is 5.93. The predicted molar refractivity (Wildman–Crippen MR) is 74.1 cm³/mol. The van der Waals surface area contributed by atoms with E-state index in [4.69, 9.17) is 0 Å². The molecule has 3 rings (SSSR count). The molecule has 3 aromatic rings. The number of hydrogen-bond donors (Lipinski definition) is 1. The molecule has 0 bridgehead atoms. The lowest BCUT2D eigenvalue weighted by molar-refractivity contribution is 0.0691. The summed E-state index contributed by atoms with van der Waals surface area (Å²) in [7, 11) is 0. The molecule has 0 fully saturated rings. The molecule has 1 N–H and O–H groups in total. The highest BCUT2D eigenvalue weighted by atomic mass is 16.4. The number of carboxylic acid groups (broad SMARTS) is 1. The fourth-order valence-corrected chi connectivity index (χ4v) is 2.17. The molecule has 0 aliphatic heterocycles. The zero-order valence-corrected chi connectivity index (χ0v) is 10.1. The first-order chi connectivity index (χ1) is 9.25. The summed E-state index contributed by atoms with van der Waals surface area (Å²) in [6, 6.07) is 17.4. The van der Waals surface area contributed by atoms with Crippen LogP contribution in [0, 0.1) is 0 Å². The second-order valence-electron chi connectivity index (χ2n) is 4.27. The largest absolute Gasteiger partial charge is 0.476 e. The molecule has 0 unspecified atom stereocenters. The second-order valence-corrected chi connectivity index (χ2v) is 4.27. The van der Waals surface area contributed by atoms with E-state index >= 15 is 0 Å². The predicted octanol–water partition coefficient (Wildman–Crippen LogP) is 3.60. The van der Waals surface area contributed by atoms with Gasteiger partial charge >= 0.3 is 5.97 Å². The number of hydrogen-bond acceptors (Lipinski definition) is 2. The van der Waals surface area contributed by atoms with Crippen molar-refractivity contribution in [3.63, 3.8) is 0 Å². The highest BCUT2D eigenvalue weighted by molar-refractivity contribution is 5.96. The highest BCUT2D eigenvalue weighted by Gasteiger charge is 2.12. The van der Waals surface area contributed by atoms with Crippen LogP contribution in [0.1, 0.15) is 10.5 Å². The molecule has 92 valence electrons. The fourth-order valence-electron chi connectivity index (χ4n) is 2.17. The molecule has 0 aliphatic rings. The van der Waals surface area contributed by atoms with Gasteiger partial charge < -0.3 is 5.11 Å². The van der Waals surface area contributed by atoms with Crippen LogP contribution in [0.25, 0.3) is 21.9 Å². The van der Waals surface area contributed by atoms with E-state index in [-0.39, 0.29) is 5.69 Å². The first-order valence-electron chi connectivity index (χ1n) is 5.93. The molecule has 0 atom stereocenters. The Balaban J connectivity index is 2.22. The third kappa shape index (κ3) is 2.06. The summed E-state index contributed by atoms with van der Waals surface area (Å²) in [6.45, 7) is 0. The number of aromatic nitrogens is 1. The monoisotopic (exact) mass is 249 g/mol. The van der Waals surface area contributed by atoms with Crippen molar-refractivity contribution >= 4 is 16.7 Å². The molecular weight excluding hydrogens is 238 g/mol. The highest BCUT2D eigenvalue weighted by Crippen LogP contribution is 2.26. The molecule has 0 aliphatic carbocycles. The summed E-state index contributed by atoms with van der Waals surface area (Å²) < 4.78 is 0. The Morgan fingerprint density at radius 2 is 1.74 bits per heavy atom. The van der Waals surface area contributed by atoms with E-state index in [1.54, 1.807) is 12.1 Å². The molecule has 2 aromatic carbocycles. The Morgan fingerprint density at radius 1 is 0.947 bits per heavy atom. The van der Waals surface area contributed by atoms with Crippen LogP contribution in [0.2, 0.25) is 0 Å². The summed E-state index contributed by atoms with van der Waals surface area (Å²) in [5.74, 6) is -1.01. The minimum Gasteiger partial charge on any atom is -0.476 e. The number of carbonyl (C=O) groups is 1. The van der Waals surface area contributed by atoms with Crippen LogP contribution in [0.4, 0.5) is 0 Å². The summed E-state index contributed by atoms with van der Waals surface area (Å²) >= 11 is 0. The lowest BCUT2D eigenvalue weighted by Crippen LogP contribution is -2.02. The van der Waals surface area contributed by atoms with Gasteiger partial charge in [0.05, 0.1) is 0 Å². The average Bonchev–Trinajstić information content (AvgIpc) is 2.46. The molecule has 1 aromatic heterocycles. The van der Waals surface area contributed by atoms with Crippen LogP contribution in [0.15, 0.2) is 60.8 Å². The standard InChI is InChI=1S/C16H11NO2/c18-16(19)15-14(6-3-9-17-15)13-8-7-11-4-1-2-5-12(11)10-13/h1-10H,(H,18,19). The number of nitrogens with zero attached hydrogens (tertiary/aromatic N) is 1. The normalized spacial score (nSPS) is 10.5. The molecule has 3 heteroatoms. The van der Waals surface area contributed by atoms with Crippen molar-refractivity contribution in [1.82, 2.24) is 4.98 Å². The number of benzene rings is 2. The van der Waals surface area contributed by atoms with Crippen LogP contribution < -0.4 is 0 Å². The Bertz CT molecular complexity index is 765. The SMILES string of the molecule is O=C(O)c1ncccc1-c1ccc2ccccc2c1. The second kappa shape index (κ2) is 4.53. The lowest BCUT2D eigenvalue weighted by atomic mass is 10.00. The van der Waals surface area contributed by atoms with E-state index in [0.29, 0.717) is 5.56 Å². The Kier molecular flexibility index (Phi) is 2.72. The van der Waals surface area contributed by atoms with Crippen molar-refractivity contribution in [3.8, 4) is 11.1 Å². The fraction of sp³-hybridized carbons (Fsp3) is 0. The van der Waals surface area contributed by atoms with Gasteiger partial charge in [0.1, 0.15) is 0 Å². The summed E-state index contributed by atoms with van der Waals surface area (Å²) in [6.07, 6.45) is 1.49. The molecular formula is C16H11NO2. The third-order valence-electron chi connectivity index (χ3n) is 3.07. The van der Waals surface area contributed by atoms with Crippen LogP contribution in [0.3, 0.4) is 0 Å². The zero-order valence-electron chi connectivity index (χ0n) is 10.1. The maximum Gasteiger partial charge on any atom is 0.355 e. The van der Waals surface area contributed by atoms with Gasteiger partial charge in [-0.05, 0) is 28.5 Å². The number of aromatic carboxylic acids is 1. The Morgan fingerprint density at radius 3 is 2.53 bits per heavy atom. The number of carboxylic acids is 1. The molecule has 0 radical (unpaired) electrons. The van der Waals surface area contributed by atoms with Gasteiger partial charge in [0.2, 0.25) is 0 Å². The first kappa shape index (κ1) is 11.4. The maximum absolute atomic E-state index is 11.2. The van der Waals surface area contributed by atoms with Crippen molar-refractivity contribution in [3.05, 3.63) is 66.5 Å². The molecule has 3 nitrogen and oxygen atoms in total. The van der Waals surface area contributed by atoms with Gasteiger partial charge in [-0.2, -0.15) is 0 Å². The number of pyridine rings is 1. The van der Waals surface area contributed by atoms with Gasteiger partial charge in [-0.25, -0.2) is 9.78 Å². The minimum absolute atomic E-state index is 0.0813. The van der Waals surface area contributed by atoms with E-state index in [1.165, 1.54) is 6.20 Å². The molecule has 19 heavy (non-hydrogen) atoms. The van der Waals surface area contributed by atoms with E-state index in [1.807, 2.05) is 42.5 Å². The van der Waals surface area contributed by atoms with Crippen molar-refractivity contribution in [2.75, 3.05) is 0 Å². The van der Waals surface area contributed by atoms with Gasteiger partial charge in [-0.1, -0.05) is 42.5 Å². The molecule has 0 saturated carbocycles. The average molecular weight is 249 g/mol. The van der Waals surface area contributed by atoms with Crippen molar-refractivity contribution in [2.24, 2.45) is 0 Å². The van der Waals surface area contributed by atoms with E-state index in [0.717, 1.165) is 16.3 Å². The van der Waals surface area contributed by atoms with Crippen LogP contribution in [-0.4, -0.2) is 16.1 Å². The summed E-state index contributed by atoms with van der Waals surface area (Å²) in [5.41, 5.74) is 1.59. The van der Waals surface area contributed by atoms with Crippen molar-refractivity contribution in [2.45, 2.75) is 0 Å². The van der Waals surface area contributed by atoms with E-state index in [9.17, 15) is 9.90 Å². The maximum atomic E-state index is 11.2. The molecule has 1 heterocycles. The third-order valence-corrected chi connectivity index (χ3v) is 3.07. The number of fused-ring (bicyclic) bond motifs is 1. The van der Waals surface area contributed by atoms with E-state index in [2.05, 4.69) is 4.98 Å². The topological polar surface area (TPSA) is 50.2 Å². The molecule has 0 spiro atoms. The van der Waals surface area contributed by atoms with Crippen LogP contribution >= 0.6 is 0 Å². The quantitative estimate of drug-likeness (QED) is 0.754. The number of rotatable bonds is 2. The zero-order chi connectivity index (χ0) is 13.2. The van der Waals surface area contributed by atoms with Gasteiger partial charge in [-0.3, -0.25) is 0 Å². The van der Waals surface area contributed by atoms with Crippen molar-refractivity contribution < 1.29 is 9.90 Å². The summed E-state index contributed by atoms with van der Waals surface area (Å²) in [4.78, 5) is 15.1. The van der Waals surface area contributed by atoms with Gasteiger partial charge in [0.25, 0.3) is 0 Å². The molecule has 0 amide bonds. The summed E-state index contributed by atoms with van der Waals surface area (Å²) in [5, 5.41) is 11.4. The van der Waals surface area contributed by atoms with Gasteiger partial charge in [0.15, 0.2) is 5.69 Å². The lowest BCUT2D eigenvalue weighted by Gasteiger charge is -2.06. The smallest absolute Gasteiger partial charge is 0.355 e. The Labute approximate surface area is 110 Å². The van der Waals surface area contributed by atoms with Crippen molar-refractivity contribution in [1.29, 1.82) is 0 Å². The minimum atomic E-state index is -1.01. The Hall–Kier alpha value is -2.68. The van der Waals surface area contributed by atoms with E-state index < -0.39 is 5.97 Å². The van der Waals surface area contributed by atoms with Gasteiger partial charge in [0, 0.05) is 11.8 Å². The van der Waals surface area contributed by atoms with Crippen LogP contribution in [0.5, 0.6) is 0 Å².